The van der Waals surface area contributed by atoms with Crippen molar-refractivity contribution < 1.29 is 28.7 Å². The highest BCUT2D eigenvalue weighted by Crippen LogP contribution is 2.37. The van der Waals surface area contributed by atoms with E-state index in [0.717, 1.165) is 64.9 Å². The number of carbonyl (C=O) groups excluding carboxylic acids is 4. The summed E-state index contributed by atoms with van der Waals surface area (Å²) in [7, 11) is 1.27. The molecule has 296 valence electrons. The summed E-state index contributed by atoms with van der Waals surface area (Å²) < 4.78 is 9.86. The van der Waals surface area contributed by atoms with Gasteiger partial charge in [-0.2, -0.15) is 0 Å². The van der Waals surface area contributed by atoms with Crippen LogP contribution in [-0.2, 0) is 19.1 Å². The van der Waals surface area contributed by atoms with E-state index >= 15 is 0 Å². The van der Waals surface area contributed by atoms with E-state index in [9.17, 15) is 19.2 Å². The van der Waals surface area contributed by atoms with Gasteiger partial charge in [-0.15, -0.1) is 0 Å². The first-order chi connectivity index (χ1) is 28.3. The molecule has 5 heterocycles. The van der Waals surface area contributed by atoms with Gasteiger partial charge in [0.15, 0.2) is 0 Å². The predicted octanol–water partition coefficient (Wildman–Crippen LogP) is 6.13. The average Bonchev–Trinajstić information content (AvgIpc) is 4.11. The van der Waals surface area contributed by atoms with Crippen LogP contribution in [0.3, 0.4) is 0 Å². The summed E-state index contributed by atoms with van der Waals surface area (Å²) in [6.07, 6.45) is 5.67. The van der Waals surface area contributed by atoms with Gasteiger partial charge in [0, 0.05) is 24.2 Å². The number of ether oxygens (including phenoxy) is 2. The topological polar surface area (TPSA) is 166 Å². The molecular weight excluding hydrogens is 737 g/mol. The molecule has 3 saturated heterocycles. The summed E-state index contributed by atoms with van der Waals surface area (Å²) in [4.78, 5) is 72.7. The lowest BCUT2D eigenvalue weighted by molar-refractivity contribution is -0.137. The van der Waals surface area contributed by atoms with Crippen molar-refractivity contribution in [3.05, 3.63) is 120 Å². The fourth-order valence-electron chi connectivity index (χ4n) is 7.98. The summed E-state index contributed by atoms with van der Waals surface area (Å²) in [6, 6.07) is 23.3. The number of hydrogen-bond acceptors (Lipinski definition) is 8. The number of H-pyrrole nitrogens is 2. The molecule has 0 bridgehead atoms. The highest BCUT2D eigenvalue weighted by atomic mass is 16.6. The summed E-state index contributed by atoms with van der Waals surface area (Å²) in [5.41, 5.74) is 6.04. The summed E-state index contributed by atoms with van der Waals surface area (Å²) in [5, 5.41) is 2.55. The quantitative estimate of drug-likeness (QED) is 0.150. The Morgan fingerprint density at radius 2 is 1.31 bits per heavy atom. The number of alkyl carbamates (subject to hydrolysis) is 1. The largest absolute Gasteiger partial charge is 0.453 e. The van der Waals surface area contributed by atoms with Crippen molar-refractivity contribution >= 4 is 24.0 Å². The van der Waals surface area contributed by atoms with E-state index in [1.54, 1.807) is 24.2 Å². The van der Waals surface area contributed by atoms with Gasteiger partial charge in [0.25, 0.3) is 5.91 Å². The Morgan fingerprint density at radius 1 is 0.776 bits per heavy atom. The molecule has 0 saturated carbocycles. The fraction of sp³-hybridized carbons (Fsp3) is 0.318. The van der Waals surface area contributed by atoms with Gasteiger partial charge in [-0.3, -0.25) is 14.5 Å². The summed E-state index contributed by atoms with van der Waals surface area (Å²) in [6.45, 7) is 3.44. The molecule has 58 heavy (non-hydrogen) atoms. The number of imidazole rings is 2. The highest BCUT2D eigenvalue weighted by molar-refractivity contribution is 5.88. The number of carbonyl (C=O) groups is 4. The SMILES string of the molecule is COC(=O)N[C@@H](C)C(=O)N1CCC[C@H]1c1ncc(-c2ccc(C#Cc3ccc(-c4cnc([C@@H]5CCCN5C(=O)[C@@H](c5ccccc5)N5CCOC5=O)[nH]4)cc3)cc2)[nH]1. The zero-order valence-electron chi connectivity index (χ0n) is 32.3. The molecule has 0 radical (unpaired) electrons. The third kappa shape index (κ3) is 7.88. The normalized spacial score (nSPS) is 18.7. The maximum absolute atomic E-state index is 14.1. The van der Waals surface area contributed by atoms with Crippen molar-refractivity contribution in [3.63, 3.8) is 0 Å². The summed E-state index contributed by atoms with van der Waals surface area (Å²) in [5.74, 6) is 7.60. The smallest absolute Gasteiger partial charge is 0.410 e. The number of likely N-dealkylation sites (tertiary alicyclic amines) is 2. The first kappa shape index (κ1) is 38.0. The van der Waals surface area contributed by atoms with Gasteiger partial charge in [0.2, 0.25) is 5.91 Å². The zero-order valence-corrected chi connectivity index (χ0v) is 32.3. The van der Waals surface area contributed by atoms with E-state index < -0.39 is 24.3 Å². The van der Waals surface area contributed by atoms with Crippen LogP contribution in [0.5, 0.6) is 0 Å². The van der Waals surface area contributed by atoms with Crippen LogP contribution in [-0.4, -0.2) is 98.0 Å². The van der Waals surface area contributed by atoms with Crippen LogP contribution in [0.1, 0.15) is 79.1 Å². The van der Waals surface area contributed by atoms with Gasteiger partial charge in [-0.25, -0.2) is 19.6 Å². The molecule has 3 aliphatic rings. The number of nitrogens with one attached hydrogen (secondary N) is 3. The molecule has 0 spiro atoms. The molecule has 3 fully saturated rings. The number of methoxy groups -OCH3 is 1. The molecule has 5 aromatic rings. The minimum atomic E-state index is -0.759. The molecule has 2 aromatic heterocycles. The lowest BCUT2D eigenvalue weighted by atomic mass is 10.0. The fourth-order valence-corrected chi connectivity index (χ4v) is 7.98. The van der Waals surface area contributed by atoms with E-state index in [4.69, 9.17) is 9.72 Å². The minimum Gasteiger partial charge on any atom is -0.453 e. The predicted molar refractivity (Wildman–Crippen MR) is 214 cm³/mol. The van der Waals surface area contributed by atoms with Crippen LogP contribution < -0.4 is 5.32 Å². The number of rotatable bonds is 9. The highest BCUT2D eigenvalue weighted by Gasteiger charge is 2.42. The summed E-state index contributed by atoms with van der Waals surface area (Å²) >= 11 is 0. The molecular formula is C44H44N8O6. The van der Waals surface area contributed by atoms with E-state index in [1.807, 2.05) is 83.8 Å². The van der Waals surface area contributed by atoms with Crippen molar-refractivity contribution in [1.82, 2.24) is 40.0 Å². The third-order valence-corrected chi connectivity index (χ3v) is 11.0. The van der Waals surface area contributed by atoms with Crippen LogP contribution in [0.4, 0.5) is 9.59 Å². The van der Waals surface area contributed by atoms with Gasteiger partial charge in [-0.1, -0.05) is 66.4 Å². The van der Waals surface area contributed by atoms with Gasteiger partial charge < -0.3 is 34.6 Å². The molecule has 14 heteroatoms. The van der Waals surface area contributed by atoms with Gasteiger partial charge >= 0.3 is 12.2 Å². The van der Waals surface area contributed by atoms with Gasteiger partial charge in [0.1, 0.15) is 30.3 Å². The Kier molecular flexibility index (Phi) is 10.9. The number of benzene rings is 3. The van der Waals surface area contributed by atoms with Crippen molar-refractivity contribution in [2.24, 2.45) is 0 Å². The number of nitrogens with zero attached hydrogens (tertiary/aromatic N) is 5. The molecule has 3 aromatic carbocycles. The molecule has 0 aliphatic carbocycles. The number of cyclic esters (lactones) is 1. The van der Waals surface area contributed by atoms with Crippen LogP contribution in [0, 0.1) is 11.8 Å². The van der Waals surface area contributed by atoms with Crippen LogP contribution >= 0.6 is 0 Å². The third-order valence-electron chi connectivity index (χ3n) is 11.0. The number of aromatic nitrogens is 4. The zero-order chi connectivity index (χ0) is 40.2. The van der Waals surface area contributed by atoms with Gasteiger partial charge in [-0.05, 0) is 73.6 Å². The lowest BCUT2D eigenvalue weighted by Crippen LogP contribution is -2.46. The van der Waals surface area contributed by atoms with E-state index in [2.05, 4.69) is 36.8 Å². The Bertz CT molecular complexity index is 2350. The maximum Gasteiger partial charge on any atom is 0.410 e. The Morgan fingerprint density at radius 3 is 1.81 bits per heavy atom. The van der Waals surface area contributed by atoms with E-state index in [0.29, 0.717) is 31.3 Å². The van der Waals surface area contributed by atoms with Gasteiger partial charge in [0.05, 0.1) is 49.5 Å². The first-order valence-corrected chi connectivity index (χ1v) is 19.5. The molecule has 4 atom stereocenters. The van der Waals surface area contributed by atoms with Crippen molar-refractivity contribution in [3.8, 4) is 34.4 Å². The number of hydrogen-bond donors (Lipinski definition) is 3. The second-order valence-corrected chi connectivity index (χ2v) is 14.6. The second kappa shape index (κ2) is 16.7. The van der Waals surface area contributed by atoms with Crippen molar-refractivity contribution in [2.45, 2.75) is 56.8 Å². The molecule has 8 rings (SSSR count). The van der Waals surface area contributed by atoms with Crippen LogP contribution in [0.15, 0.2) is 91.3 Å². The van der Waals surface area contributed by atoms with Crippen molar-refractivity contribution in [2.75, 3.05) is 33.4 Å². The maximum atomic E-state index is 14.1. The molecule has 3 N–H and O–H groups in total. The molecule has 0 unspecified atom stereocenters. The van der Waals surface area contributed by atoms with Crippen molar-refractivity contribution in [1.29, 1.82) is 0 Å². The van der Waals surface area contributed by atoms with Crippen LogP contribution in [0.2, 0.25) is 0 Å². The monoisotopic (exact) mass is 780 g/mol. The van der Waals surface area contributed by atoms with Crippen LogP contribution in [0.25, 0.3) is 22.5 Å². The first-order valence-electron chi connectivity index (χ1n) is 19.5. The Labute approximate surface area is 336 Å². The van der Waals surface area contributed by atoms with E-state index in [-0.39, 0.29) is 30.5 Å². The lowest BCUT2D eigenvalue weighted by Gasteiger charge is -2.32. The molecule has 4 amide bonds. The molecule has 14 nitrogen and oxygen atoms in total. The average molecular weight is 781 g/mol. The number of aromatic amines is 2. The van der Waals surface area contributed by atoms with E-state index in [1.165, 1.54) is 12.0 Å². The standard InChI is InChI=1S/C44H44N8O6/c1-28(47-43(55)57-2)41(53)50-22-6-10-36(50)39-45-26-34(48-39)31-18-14-29(15-19-31)12-13-30-16-20-32(21-17-30)35-27-46-40(49-35)37-11-7-23-51(37)42(54)38(33-8-4-3-5-9-33)52-24-25-58-44(52)56/h3-5,8-9,14-21,26-28,36-38H,6-7,10-11,22-25H2,1-2H3,(H,45,48)(H,46,49)(H,47,55)/t28-,36-,37-,38+/m0/s1. The second-order valence-electron chi connectivity index (χ2n) is 14.6. The molecule has 3 aliphatic heterocycles. The minimum absolute atomic E-state index is 0.137. The Balaban J connectivity index is 0.901. The number of amides is 4. The Hall–Kier alpha value is -6.88.